The summed E-state index contributed by atoms with van der Waals surface area (Å²) in [5.74, 6) is -0.673. The van der Waals surface area contributed by atoms with E-state index in [0.29, 0.717) is 24.3 Å². The number of carbonyl (C=O) groups excluding carboxylic acids is 2. The molecule has 2 amide bonds. The average Bonchev–Trinajstić information content (AvgIpc) is 3.32. The largest absolute Gasteiger partial charge is 0.384 e. The van der Waals surface area contributed by atoms with Gasteiger partial charge in [0.25, 0.3) is 0 Å². The summed E-state index contributed by atoms with van der Waals surface area (Å²) in [4.78, 5) is 28.7. The van der Waals surface area contributed by atoms with Crippen molar-refractivity contribution in [1.82, 2.24) is 31.1 Å². The molecule has 2 aromatic heterocycles. The lowest BCUT2D eigenvalue weighted by molar-refractivity contribution is -0.127. The molecular weight excluding hydrogens is 432 g/mol. The second-order valence-corrected chi connectivity index (χ2v) is 6.77. The SMILES string of the molecule is Cl.N=C(N)c1ccc(CNC(C(=O)NCC(=O)NCc2ccncc2)c2cc[nH]n2)cc1. The Hall–Kier alpha value is -3.76. The van der Waals surface area contributed by atoms with Crippen molar-refractivity contribution >= 4 is 30.1 Å². The minimum atomic E-state index is -0.744. The number of carbonyl (C=O) groups is 2. The molecule has 0 aliphatic carbocycles. The topological polar surface area (TPSA) is 162 Å². The van der Waals surface area contributed by atoms with E-state index in [1.54, 1.807) is 48.9 Å². The zero-order chi connectivity index (χ0) is 22.1. The van der Waals surface area contributed by atoms with Gasteiger partial charge in [0.1, 0.15) is 11.9 Å². The summed E-state index contributed by atoms with van der Waals surface area (Å²) in [6.45, 7) is 0.589. The minimum absolute atomic E-state index is 0. The van der Waals surface area contributed by atoms with Gasteiger partial charge in [0.05, 0.1) is 12.2 Å². The zero-order valence-electron chi connectivity index (χ0n) is 17.2. The molecule has 0 radical (unpaired) electrons. The molecule has 0 spiro atoms. The fourth-order valence-corrected chi connectivity index (χ4v) is 2.82. The lowest BCUT2D eigenvalue weighted by atomic mass is 10.1. The third-order valence-corrected chi connectivity index (χ3v) is 4.52. The zero-order valence-corrected chi connectivity index (χ0v) is 18.0. The summed E-state index contributed by atoms with van der Waals surface area (Å²) in [5.41, 5.74) is 8.44. The van der Waals surface area contributed by atoms with Crippen LogP contribution in [-0.2, 0) is 22.7 Å². The number of amides is 2. The van der Waals surface area contributed by atoms with Crippen LogP contribution in [0.4, 0.5) is 0 Å². The number of aromatic amines is 1. The summed E-state index contributed by atoms with van der Waals surface area (Å²) < 4.78 is 0. The summed E-state index contributed by atoms with van der Waals surface area (Å²) in [6.07, 6.45) is 4.93. The van der Waals surface area contributed by atoms with Crippen LogP contribution in [0.15, 0.2) is 61.1 Å². The van der Waals surface area contributed by atoms with Gasteiger partial charge in [-0.15, -0.1) is 12.4 Å². The molecule has 0 bridgehead atoms. The molecule has 3 aromatic rings. The summed E-state index contributed by atoms with van der Waals surface area (Å²) in [5, 5.41) is 22.8. The first-order valence-corrected chi connectivity index (χ1v) is 9.62. The van der Waals surface area contributed by atoms with Gasteiger partial charge in [0.2, 0.25) is 11.8 Å². The number of amidine groups is 1. The highest BCUT2D eigenvalue weighted by Crippen LogP contribution is 2.12. The van der Waals surface area contributed by atoms with Gasteiger partial charge in [0.15, 0.2) is 0 Å². The Morgan fingerprint density at radius 1 is 1.00 bits per heavy atom. The highest BCUT2D eigenvalue weighted by atomic mass is 35.5. The molecule has 1 atom stereocenters. The first kappa shape index (κ1) is 24.5. The standard InChI is InChI=1S/C21H24N8O2.ClH/c22-20(23)16-3-1-14(2-4-16)12-26-19(17-7-10-28-29-17)21(31)27-13-18(30)25-11-15-5-8-24-9-6-15;/h1-10,19,26H,11-13H2,(H3,22,23)(H,25,30)(H,27,31)(H,28,29);1H. The predicted octanol–water partition coefficient (Wildman–Crippen LogP) is 0.774. The number of pyridine rings is 1. The van der Waals surface area contributed by atoms with E-state index < -0.39 is 6.04 Å². The summed E-state index contributed by atoms with van der Waals surface area (Å²) in [6, 6.07) is 11.7. The molecule has 1 unspecified atom stereocenters. The van der Waals surface area contributed by atoms with Gasteiger partial charge >= 0.3 is 0 Å². The van der Waals surface area contributed by atoms with Crippen LogP contribution in [0.25, 0.3) is 0 Å². The fraction of sp³-hybridized carbons (Fsp3) is 0.190. The molecule has 1 aromatic carbocycles. The maximum atomic E-state index is 12.7. The van der Waals surface area contributed by atoms with Crippen LogP contribution in [0, 0.1) is 5.41 Å². The Morgan fingerprint density at radius 2 is 1.69 bits per heavy atom. The molecule has 0 aliphatic heterocycles. The van der Waals surface area contributed by atoms with Crippen LogP contribution in [0.3, 0.4) is 0 Å². The van der Waals surface area contributed by atoms with Crippen molar-refractivity contribution in [3.05, 3.63) is 83.4 Å². The van der Waals surface area contributed by atoms with Gasteiger partial charge in [-0.25, -0.2) is 0 Å². The van der Waals surface area contributed by atoms with Crippen molar-refractivity contribution in [3.8, 4) is 0 Å². The Bertz CT molecular complexity index is 1010. The number of halogens is 1. The van der Waals surface area contributed by atoms with E-state index in [2.05, 4.69) is 31.1 Å². The third-order valence-electron chi connectivity index (χ3n) is 4.52. The molecule has 168 valence electrons. The lowest BCUT2D eigenvalue weighted by Gasteiger charge is -2.17. The molecule has 0 saturated carbocycles. The van der Waals surface area contributed by atoms with Crippen molar-refractivity contribution in [3.63, 3.8) is 0 Å². The first-order chi connectivity index (χ1) is 15.0. The van der Waals surface area contributed by atoms with Crippen LogP contribution >= 0.6 is 12.4 Å². The molecule has 7 N–H and O–H groups in total. The highest BCUT2D eigenvalue weighted by Gasteiger charge is 2.22. The van der Waals surface area contributed by atoms with Crippen LogP contribution in [0.5, 0.6) is 0 Å². The van der Waals surface area contributed by atoms with E-state index in [1.807, 2.05) is 12.1 Å². The number of aromatic nitrogens is 3. The normalized spacial score (nSPS) is 11.1. The van der Waals surface area contributed by atoms with E-state index in [0.717, 1.165) is 11.1 Å². The molecule has 10 nitrogen and oxygen atoms in total. The Kier molecular flexibility index (Phi) is 9.33. The number of hydrogen-bond acceptors (Lipinski definition) is 6. The molecule has 0 fully saturated rings. The molecule has 3 rings (SSSR count). The number of nitrogens with two attached hydrogens (primary N) is 1. The number of nitrogens with zero attached hydrogens (tertiary/aromatic N) is 2. The number of benzene rings is 1. The highest BCUT2D eigenvalue weighted by molar-refractivity contribution is 5.94. The number of rotatable bonds is 10. The predicted molar refractivity (Wildman–Crippen MR) is 122 cm³/mol. The average molecular weight is 457 g/mol. The molecular formula is C21H25ClN8O2. The minimum Gasteiger partial charge on any atom is -0.384 e. The van der Waals surface area contributed by atoms with Crippen LogP contribution in [0.2, 0.25) is 0 Å². The summed E-state index contributed by atoms with van der Waals surface area (Å²) in [7, 11) is 0. The van der Waals surface area contributed by atoms with Gasteiger partial charge < -0.3 is 16.4 Å². The van der Waals surface area contributed by atoms with Gasteiger partial charge in [-0.1, -0.05) is 24.3 Å². The fourth-order valence-electron chi connectivity index (χ4n) is 2.82. The number of H-pyrrole nitrogens is 1. The van der Waals surface area contributed by atoms with Crippen molar-refractivity contribution in [2.24, 2.45) is 5.73 Å². The molecule has 0 saturated heterocycles. The molecule has 0 aliphatic rings. The Morgan fingerprint density at radius 3 is 2.31 bits per heavy atom. The molecule has 2 heterocycles. The molecule has 32 heavy (non-hydrogen) atoms. The number of nitrogens with one attached hydrogen (secondary N) is 5. The van der Waals surface area contributed by atoms with Gasteiger partial charge in [-0.05, 0) is 29.3 Å². The third kappa shape index (κ3) is 7.18. The summed E-state index contributed by atoms with van der Waals surface area (Å²) >= 11 is 0. The second-order valence-electron chi connectivity index (χ2n) is 6.77. The second kappa shape index (κ2) is 12.2. The maximum absolute atomic E-state index is 12.7. The van der Waals surface area contributed by atoms with Crippen LogP contribution in [-0.4, -0.2) is 39.4 Å². The maximum Gasteiger partial charge on any atom is 0.243 e. The smallest absolute Gasteiger partial charge is 0.243 e. The van der Waals surface area contributed by atoms with E-state index in [-0.39, 0.29) is 36.6 Å². The van der Waals surface area contributed by atoms with Crippen LogP contribution in [0.1, 0.15) is 28.4 Å². The van der Waals surface area contributed by atoms with E-state index >= 15 is 0 Å². The van der Waals surface area contributed by atoms with Crippen molar-refractivity contribution < 1.29 is 9.59 Å². The molecule has 11 heteroatoms. The van der Waals surface area contributed by atoms with Gasteiger partial charge in [0, 0.05) is 37.2 Å². The van der Waals surface area contributed by atoms with E-state index in [9.17, 15) is 9.59 Å². The first-order valence-electron chi connectivity index (χ1n) is 9.62. The van der Waals surface area contributed by atoms with E-state index in [4.69, 9.17) is 11.1 Å². The number of hydrogen-bond donors (Lipinski definition) is 6. The van der Waals surface area contributed by atoms with Gasteiger partial charge in [-0.3, -0.25) is 30.4 Å². The van der Waals surface area contributed by atoms with Gasteiger partial charge in [-0.2, -0.15) is 5.10 Å². The van der Waals surface area contributed by atoms with E-state index in [1.165, 1.54) is 0 Å². The quantitative estimate of drug-likeness (QED) is 0.195. The Balaban J connectivity index is 0.00000363. The number of nitrogen functional groups attached to an aromatic ring is 1. The van der Waals surface area contributed by atoms with Crippen LogP contribution < -0.4 is 21.7 Å². The lowest BCUT2D eigenvalue weighted by Crippen LogP contribution is -2.42. The Labute approximate surface area is 191 Å². The van der Waals surface area contributed by atoms with Crippen molar-refractivity contribution in [2.75, 3.05) is 6.54 Å². The van der Waals surface area contributed by atoms with Crippen molar-refractivity contribution in [1.29, 1.82) is 5.41 Å². The van der Waals surface area contributed by atoms with Crippen molar-refractivity contribution in [2.45, 2.75) is 19.1 Å². The monoisotopic (exact) mass is 456 g/mol.